The van der Waals surface area contributed by atoms with Gasteiger partial charge in [-0.25, -0.2) is 8.42 Å². The lowest BCUT2D eigenvalue weighted by atomic mass is 9.97. The van der Waals surface area contributed by atoms with Crippen LogP contribution in [0.5, 0.6) is 0 Å². The summed E-state index contributed by atoms with van der Waals surface area (Å²) in [5.41, 5.74) is 1.07. The van der Waals surface area contributed by atoms with Gasteiger partial charge >= 0.3 is 6.18 Å². The highest BCUT2D eigenvalue weighted by Gasteiger charge is 2.35. The van der Waals surface area contributed by atoms with E-state index in [1.807, 2.05) is 31.2 Å². The number of carbonyl (C=O) groups is 1. The number of hydrogen-bond acceptors (Lipinski definition) is 3. The van der Waals surface area contributed by atoms with Gasteiger partial charge in [0, 0.05) is 25.6 Å². The van der Waals surface area contributed by atoms with Gasteiger partial charge in [0.1, 0.15) is 0 Å². The lowest BCUT2D eigenvalue weighted by molar-refractivity contribution is -0.137. The monoisotopic (exact) mass is 440 g/mol. The number of hydrogen-bond donors (Lipinski definition) is 1. The van der Waals surface area contributed by atoms with Crippen LogP contribution in [0.3, 0.4) is 0 Å². The van der Waals surface area contributed by atoms with E-state index in [1.54, 1.807) is 0 Å². The zero-order valence-corrected chi connectivity index (χ0v) is 17.3. The average Bonchev–Trinajstić information content (AvgIpc) is 2.72. The number of nitrogens with one attached hydrogen (secondary N) is 1. The second-order valence-electron chi connectivity index (χ2n) is 7.35. The number of carbonyl (C=O) groups excluding carboxylic acids is 1. The Morgan fingerprint density at radius 1 is 1.10 bits per heavy atom. The molecular formula is C21H23F3N2O3S. The molecule has 9 heteroatoms. The zero-order valence-electron chi connectivity index (χ0n) is 16.4. The average molecular weight is 440 g/mol. The molecule has 0 bridgehead atoms. The Kier molecular flexibility index (Phi) is 6.52. The molecule has 1 fully saturated rings. The third kappa shape index (κ3) is 5.02. The van der Waals surface area contributed by atoms with Crippen molar-refractivity contribution in [2.75, 3.05) is 13.1 Å². The molecule has 3 rings (SSSR count). The molecular weight excluding hydrogens is 417 g/mol. The topological polar surface area (TPSA) is 66.5 Å². The molecule has 1 amide bonds. The molecule has 162 valence electrons. The van der Waals surface area contributed by atoms with Crippen molar-refractivity contribution in [3.8, 4) is 0 Å². The fraction of sp³-hybridized carbons (Fsp3) is 0.381. The summed E-state index contributed by atoms with van der Waals surface area (Å²) >= 11 is 0. The van der Waals surface area contributed by atoms with Crippen molar-refractivity contribution < 1.29 is 26.4 Å². The van der Waals surface area contributed by atoms with Crippen molar-refractivity contribution in [3.63, 3.8) is 0 Å². The molecule has 30 heavy (non-hydrogen) atoms. The first-order valence-corrected chi connectivity index (χ1v) is 11.0. The number of piperidine rings is 1. The molecule has 0 aromatic heterocycles. The van der Waals surface area contributed by atoms with Gasteiger partial charge in [0.25, 0.3) is 0 Å². The van der Waals surface area contributed by atoms with Crippen molar-refractivity contribution in [3.05, 3.63) is 65.2 Å². The maximum atomic E-state index is 12.9. The third-order valence-corrected chi connectivity index (χ3v) is 7.23. The lowest BCUT2D eigenvalue weighted by Gasteiger charge is -2.30. The quantitative estimate of drug-likeness (QED) is 0.771. The van der Waals surface area contributed by atoms with Crippen molar-refractivity contribution in [2.24, 2.45) is 5.92 Å². The maximum absolute atomic E-state index is 12.9. The van der Waals surface area contributed by atoms with E-state index in [0.717, 1.165) is 33.6 Å². The minimum Gasteiger partial charge on any atom is -0.352 e. The van der Waals surface area contributed by atoms with Crippen molar-refractivity contribution in [1.82, 2.24) is 9.62 Å². The van der Waals surface area contributed by atoms with Crippen molar-refractivity contribution >= 4 is 15.9 Å². The SMILES string of the molecule is Cc1ccccc1CNC(=O)C1CCN(S(=O)(=O)c2cccc(C(F)(F)F)c2)CC1. The second-order valence-corrected chi connectivity index (χ2v) is 9.29. The van der Waals surface area contributed by atoms with Crippen molar-refractivity contribution in [1.29, 1.82) is 0 Å². The van der Waals surface area contributed by atoms with Crippen LogP contribution in [0, 0.1) is 12.8 Å². The first-order valence-electron chi connectivity index (χ1n) is 9.58. The molecule has 1 aliphatic rings. The van der Waals surface area contributed by atoms with Gasteiger partial charge < -0.3 is 5.32 Å². The summed E-state index contributed by atoms with van der Waals surface area (Å²) in [7, 11) is -4.05. The number of sulfonamides is 1. The standard InChI is InChI=1S/C21H23F3N2O3S/c1-15-5-2-3-6-17(15)14-25-20(27)16-9-11-26(12-10-16)30(28,29)19-8-4-7-18(13-19)21(22,23)24/h2-8,13,16H,9-12,14H2,1H3,(H,25,27). The van der Waals surface area contributed by atoms with Gasteiger partial charge in [-0.1, -0.05) is 30.3 Å². The Hall–Kier alpha value is -2.39. The molecule has 2 aromatic rings. The molecule has 0 aliphatic carbocycles. The van der Waals surface area contributed by atoms with Gasteiger partial charge in [0.15, 0.2) is 0 Å². The Morgan fingerprint density at radius 3 is 2.40 bits per heavy atom. The summed E-state index contributed by atoms with van der Waals surface area (Å²) in [6.07, 6.45) is -3.98. The summed E-state index contributed by atoms with van der Waals surface area (Å²) in [6, 6.07) is 11.4. The first kappa shape index (κ1) is 22.3. The Bertz CT molecular complexity index is 1010. The largest absolute Gasteiger partial charge is 0.416 e. The Balaban J connectivity index is 1.61. The number of benzene rings is 2. The van der Waals surface area contributed by atoms with Crippen LogP contribution in [0.15, 0.2) is 53.4 Å². The molecule has 5 nitrogen and oxygen atoms in total. The van der Waals surface area contributed by atoms with Crippen LogP contribution in [0.1, 0.15) is 29.5 Å². The van der Waals surface area contributed by atoms with Crippen LogP contribution < -0.4 is 5.32 Å². The number of amides is 1. The summed E-state index contributed by atoms with van der Waals surface area (Å²) in [4.78, 5) is 12.1. The summed E-state index contributed by atoms with van der Waals surface area (Å²) in [5.74, 6) is -0.476. The van der Waals surface area contributed by atoms with E-state index in [4.69, 9.17) is 0 Å². The van der Waals surface area contributed by atoms with E-state index in [2.05, 4.69) is 5.32 Å². The predicted octanol–water partition coefficient (Wildman–Crippen LogP) is 3.73. The summed E-state index contributed by atoms with van der Waals surface area (Å²) in [5, 5.41) is 2.89. The summed E-state index contributed by atoms with van der Waals surface area (Å²) in [6.45, 7) is 2.52. The summed E-state index contributed by atoms with van der Waals surface area (Å²) < 4.78 is 65.4. The van der Waals surface area contributed by atoms with Crippen LogP contribution in [-0.4, -0.2) is 31.7 Å². The van der Waals surface area contributed by atoms with E-state index < -0.39 is 21.8 Å². The number of halogens is 3. The van der Waals surface area contributed by atoms with E-state index in [-0.39, 0.29) is 29.8 Å². The molecule has 1 aliphatic heterocycles. The zero-order chi connectivity index (χ0) is 21.9. The van der Waals surface area contributed by atoms with E-state index in [9.17, 15) is 26.4 Å². The number of alkyl halides is 3. The molecule has 0 spiro atoms. The fourth-order valence-corrected chi connectivity index (χ4v) is 4.99. The van der Waals surface area contributed by atoms with Gasteiger partial charge in [-0.2, -0.15) is 17.5 Å². The number of nitrogens with zero attached hydrogens (tertiary/aromatic N) is 1. The van der Waals surface area contributed by atoms with Crippen LogP contribution in [0.25, 0.3) is 0 Å². The molecule has 0 atom stereocenters. The highest BCUT2D eigenvalue weighted by Crippen LogP contribution is 2.32. The normalized spacial score (nSPS) is 16.4. The highest BCUT2D eigenvalue weighted by molar-refractivity contribution is 7.89. The van der Waals surface area contributed by atoms with Crippen LogP contribution in [-0.2, 0) is 27.5 Å². The van der Waals surface area contributed by atoms with Gasteiger partial charge in [0.05, 0.1) is 10.5 Å². The van der Waals surface area contributed by atoms with Crippen LogP contribution in [0.2, 0.25) is 0 Å². The Labute approximate surface area is 173 Å². The second kappa shape index (κ2) is 8.77. The molecule has 0 radical (unpaired) electrons. The number of rotatable bonds is 5. The van der Waals surface area contributed by atoms with E-state index in [0.29, 0.717) is 25.5 Å². The predicted molar refractivity (Wildman–Crippen MR) is 106 cm³/mol. The van der Waals surface area contributed by atoms with E-state index in [1.165, 1.54) is 0 Å². The van der Waals surface area contributed by atoms with Gasteiger partial charge in [-0.05, 0) is 49.1 Å². The van der Waals surface area contributed by atoms with Gasteiger partial charge in [0.2, 0.25) is 15.9 Å². The molecule has 0 saturated carbocycles. The van der Waals surface area contributed by atoms with Gasteiger partial charge in [-0.3, -0.25) is 4.79 Å². The fourth-order valence-electron chi connectivity index (χ4n) is 3.48. The minimum absolute atomic E-state index is 0.0844. The van der Waals surface area contributed by atoms with Crippen molar-refractivity contribution in [2.45, 2.75) is 37.4 Å². The number of aryl methyl sites for hydroxylation is 1. The smallest absolute Gasteiger partial charge is 0.352 e. The van der Waals surface area contributed by atoms with Crippen LogP contribution >= 0.6 is 0 Å². The van der Waals surface area contributed by atoms with E-state index >= 15 is 0 Å². The minimum atomic E-state index is -4.62. The lowest BCUT2D eigenvalue weighted by Crippen LogP contribution is -2.42. The highest BCUT2D eigenvalue weighted by atomic mass is 32.2. The van der Waals surface area contributed by atoms with Crippen LogP contribution in [0.4, 0.5) is 13.2 Å². The molecule has 1 heterocycles. The first-order chi connectivity index (χ1) is 14.1. The molecule has 1 N–H and O–H groups in total. The molecule has 2 aromatic carbocycles. The molecule has 0 unspecified atom stereocenters. The van der Waals surface area contributed by atoms with Gasteiger partial charge in [-0.15, -0.1) is 0 Å². The third-order valence-electron chi connectivity index (χ3n) is 5.34. The Morgan fingerprint density at radius 2 is 1.77 bits per heavy atom. The molecule has 1 saturated heterocycles. The maximum Gasteiger partial charge on any atom is 0.416 e.